The standard InChI is InChI=1S/C18H24BrN3O2/c1-11-7-14(3-4-15(11)19)22-10-13(8-17(22)23)18(24)21-16-5-6-20-9-12(16)2/h3-4,7,12-13,16,20H,5-6,8-10H2,1-2H3,(H,21,24). The van der Waals surface area contributed by atoms with E-state index in [-0.39, 0.29) is 23.8 Å². The summed E-state index contributed by atoms with van der Waals surface area (Å²) >= 11 is 3.48. The molecule has 1 aromatic carbocycles. The number of carbonyl (C=O) groups excluding carboxylic acids is 2. The Hall–Kier alpha value is -1.40. The highest BCUT2D eigenvalue weighted by atomic mass is 79.9. The van der Waals surface area contributed by atoms with Crippen LogP contribution in [0, 0.1) is 18.8 Å². The van der Waals surface area contributed by atoms with Crippen molar-refractivity contribution in [1.29, 1.82) is 0 Å². The van der Waals surface area contributed by atoms with E-state index in [4.69, 9.17) is 0 Å². The Balaban J connectivity index is 1.65. The molecular weight excluding hydrogens is 370 g/mol. The lowest BCUT2D eigenvalue weighted by molar-refractivity contribution is -0.127. The summed E-state index contributed by atoms with van der Waals surface area (Å²) in [4.78, 5) is 26.7. The normalized spacial score (nSPS) is 27.4. The van der Waals surface area contributed by atoms with Gasteiger partial charge < -0.3 is 15.5 Å². The van der Waals surface area contributed by atoms with Crippen LogP contribution in [0.15, 0.2) is 22.7 Å². The maximum atomic E-state index is 12.6. The monoisotopic (exact) mass is 393 g/mol. The van der Waals surface area contributed by atoms with Crippen LogP contribution in [0.4, 0.5) is 5.69 Å². The van der Waals surface area contributed by atoms with E-state index in [1.807, 2.05) is 25.1 Å². The van der Waals surface area contributed by atoms with E-state index >= 15 is 0 Å². The number of piperidine rings is 1. The van der Waals surface area contributed by atoms with Crippen LogP contribution in [0.25, 0.3) is 0 Å². The topological polar surface area (TPSA) is 61.4 Å². The van der Waals surface area contributed by atoms with E-state index in [2.05, 4.69) is 33.5 Å². The maximum absolute atomic E-state index is 12.6. The largest absolute Gasteiger partial charge is 0.353 e. The molecule has 0 spiro atoms. The minimum atomic E-state index is -0.261. The molecule has 0 aliphatic carbocycles. The number of hydrogen-bond acceptors (Lipinski definition) is 3. The Morgan fingerprint density at radius 1 is 1.42 bits per heavy atom. The number of amides is 2. The van der Waals surface area contributed by atoms with Crippen LogP contribution in [0.5, 0.6) is 0 Å². The van der Waals surface area contributed by atoms with E-state index in [0.717, 1.165) is 35.2 Å². The van der Waals surface area contributed by atoms with E-state index in [0.29, 0.717) is 18.9 Å². The Morgan fingerprint density at radius 2 is 2.21 bits per heavy atom. The van der Waals surface area contributed by atoms with Crippen molar-refractivity contribution >= 4 is 33.4 Å². The second-order valence-electron chi connectivity index (χ2n) is 6.92. The molecule has 2 saturated heterocycles. The first kappa shape index (κ1) is 17.4. The third-order valence-corrected chi connectivity index (χ3v) is 5.95. The number of rotatable bonds is 3. The van der Waals surface area contributed by atoms with Crippen LogP contribution in [-0.2, 0) is 9.59 Å². The second-order valence-corrected chi connectivity index (χ2v) is 7.78. The van der Waals surface area contributed by atoms with Gasteiger partial charge in [0.1, 0.15) is 0 Å². The van der Waals surface area contributed by atoms with Crippen LogP contribution in [0.3, 0.4) is 0 Å². The number of hydrogen-bond donors (Lipinski definition) is 2. The summed E-state index contributed by atoms with van der Waals surface area (Å²) in [5.74, 6) is 0.197. The molecule has 2 N–H and O–H groups in total. The maximum Gasteiger partial charge on any atom is 0.227 e. The summed E-state index contributed by atoms with van der Waals surface area (Å²) < 4.78 is 1.02. The minimum absolute atomic E-state index is 0.0124. The van der Waals surface area contributed by atoms with Crippen LogP contribution < -0.4 is 15.5 Å². The van der Waals surface area contributed by atoms with Gasteiger partial charge in [0.05, 0.1) is 5.92 Å². The molecule has 0 radical (unpaired) electrons. The Morgan fingerprint density at radius 3 is 2.92 bits per heavy atom. The highest BCUT2D eigenvalue weighted by Gasteiger charge is 2.36. The number of nitrogens with zero attached hydrogens (tertiary/aromatic N) is 1. The van der Waals surface area contributed by atoms with Crippen molar-refractivity contribution in [3.63, 3.8) is 0 Å². The molecule has 2 fully saturated rings. The number of nitrogens with one attached hydrogen (secondary N) is 2. The first-order valence-electron chi connectivity index (χ1n) is 8.53. The molecule has 0 aromatic heterocycles. The SMILES string of the molecule is Cc1cc(N2CC(C(=O)NC3CCNCC3C)CC2=O)ccc1Br. The molecule has 2 amide bonds. The van der Waals surface area contributed by atoms with Crippen molar-refractivity contribution in [2.45, 2.75) is 32.7 Å². The molecule has 5 nitrogen and oxygen atoms in total. The molecule has 130 valence electrons. The average molecular weight is 394 g/mol. The Kier molecular flexibility index (Phi) is 5.25. The fourth-order valence-corrected chi connectivity index (χ4v) is 3.71. The summed E-state index contributed by atoms with van der Waals surface area (Å²) in [7, 11) is 0. The van der Waals surface area contributed by atoms with Gasteiger partial charge in [0.15, 0.2) is 0 Å². The minimum Gasteiger partial charge on any atom is -0.353 e. The van der Waals surface area contributed by atoms with Crippen molar-refractivity contribution in [3.05, 3.63) is 28.2 Å². The molecule has 3 atom stereocenters. The first-order chi connectivity index (χ1) is 11.5. The Labute approximate surface area is 151 Å². The van der Waals surface area contributed by atoms with Crippen LogP contribution in [-0.4, -0.2) is 37.5 Å². The molecule has 6 heteroatoms. The summed E-state index contributed by atoms with van der Waals surface area (Å²) in [5.41, 5.74) is 1.95. The molecule has 0 saturated carbocycles. The highest BCUT2D eigenvalue weighted by Crippen LogP contribution is 2.28. The molecule has 1 aromatic rings. The van der Waals surface area contributed by atoms with Gasteiger partial charge in [-0.1, -0.05) is 22.9 Å². The Bertz CT molecular complexity index is 649. The fraction of sp³-hybridized carbons (Fsp3) is 0.556. The third kappa shape index (κ3) is 3.64. The zero-order valence-electron chi connectivity index (χ0n) is 14.1. The number of halogens is 1. The van der Waals surface area contributed by atoms with E-state index < -0.39 is 0 Å². The smallest absolute Gasteiger partial charge is 0.227 e. The van der Waals surface area contributed by atoms with Gasteiger partial charge in [0, 0.05) is 29.2 Å². The molecule has 3 rings (SSSR count). The van der Waals surface area contributed by atoms with Gasteiger partial charge in [-0.25, -0.2) is 0 Å². The lowest BCUT2D eigenvalue weighted by Crippen LogP contribution is -2.50. The van der Waals surface area contributed by atoms with Crippen molar-refractivity contribution in [2.75, 3.05) is 24.5 Å². The van der Waals surface area contributed by atoms with Crippen LogP contribution in [0.1, 0.15) is 25.3 Å². The molecule has 3 unspecified atom stereocenters. The van der Waals surface area contributed by atoms with Crippen LogP contribution in [0.2, 0.25) is 0 Å². The van der Waals surface area contributed by atoms with Crippen molar-refractivity contribution in [3.8, 4) is 0 Å². The lowest BCUT2D eigenvalue weighted by atomic mass is 9.94. The number of anilines is 1. The fourth-order valence-electron chi connectivity index (χ4n) is 3.46. The predicted octanol–water partition coefficient (Wildman–Crippen LogP) is 2.22. The molecular formula is C18H24BrN3O2. The van der Waals surface area contributed by atoms with E-state index in [1.54, 1.807) is 4.90 Å². The molecule has 2 heterocycles. The number of benzene rings is 1. The van der Waals surface area contributed by atoms with Crippen LogP contribution >= 0.6 is 15.9 Å². The number of carbonyl (C=O) groups is 2. The summed E-state index contributed by atoms with van der Waals surface area (Å²) in [6.45, 7) is 6.47. The van der Waals surface area contributed by atoms with Gasteiger partial charge in [0.2, 0.25) is 11.8 Å². The van der Waals surface area contributed by atoms with Gasteiger partial charge in [-0.15, -0.1) is 0 Å². The summed E-state index contributed by atoms with van der Waals surface area (Å²) in [5, 5.41) is 6.49. The third-order valence-electron chi connectivity index (χ3n) is 5.06. The lowest BCUT2D eigenvalue weighted by Gasteiger charge is -2.31. The average Bonchev–Trinajstić information content (AvgIpc) is 2.94. The quantitative estimate of drug-likeness (QED) is 0.827. The molecule has 0 bridgehead atoms. The molecule has 2 aliphatic rings. The zero-order valence-corrected chi connectivity index (χ0v) is 15.7. The molecule has 24 heavy (non-hydrogen) atoms. The second kappa shape index (κ2) is 7.23. The molecule has 2 aliphatic heterocycles. The van der Waals surface area contributed by atoms with E-state index in [1.165, 1.54) is 0 Å². The van der Waals surface area contributed by atoms with Gasteiger partial charge in [-0.3, -0.25) is 9.59 Å². The van der Waals surface area contributed by atoms with Crippen molar-refractivity contribution < 1.29 is 9.59 Å². The van der Waals surface area contributed by atoms with E-state index in [9.17, 15) is 9.59 Å². The first-order valence-corrected chi connectivity index (χ1v) is 9.32. The van der Waals surface area contributed by atoms with Gasteiger partial charge in [0.25, 0.3) is 0 Å². The number of aryl methyl sites for hydroxylation is 1. The van der Waals surface area contributed by atoms with Gasteiger partial charge in [-0.2, -0.15) is 0 Å². The summed E-state index contributed by atoms with van der Waals surface area (Å²) in [6, 6.07) is 6.06. The highest BCUT2D eigenvalue weighted by molar-refractivity contribution is 9.10. The van der Waals surface area contributed by atoms with Crippen molar-refractivity contribution in [2.24, 2.45) is 11.8 Å². The predicted molar refractivity (Wildman–Crippen MR) is 97.9 cm³/mol. The van der Waals surface area contributed by atoms with Gasteiger partial charge >= 0.3 is 0 Å². The van der Waals surface area contributed by atoms with Crippen molar-refractivity contribution in [1.82, 2.24) is 10.6 Å². The summed E-state index contributed by atoms with van der Waals surface area (Å²) in [6.07, 6.45) is 1.24. The zero-order chi connectivity index (χ0) is 17.3. The van der Waals surface area contributed by atoms with Gasteiger partial charge in [-0.05, 0) is 56.1 Å².